The first-order valence-electron chi connectivity index (χ1n) is 19.0. The third-order valence-electron chi connectivity index (χ3n) is 10.1. The van der Waals surface area contributed by atoms with Crippen molar-refractivity contribution in [2.45, 2.75) is 25.9 Å². The number of fused-ring (bicyclic) bond motifs is 4. The molecule has 8 heterocycles. The molecule has 2 aliphatic heterocycles. The van der Waals surface area contributed by atoms with Gasteiger partial charge in [-0.1, -0.05) is 48.5 Å². The second-order valence-corrected chi connectivity index (χ2v) is 13.8. The topological polar surface area (TPSA) is 141 Å². The van der Waals surface area contributed by atoms with Gasteiger partial charge in [-0.2, -0.15) is 0 Å². The third-order valence-corrected chi connectivity index (χ3v) is 10.1. The molecule has 284 valence electrons. The van der Waals surface area contributed by atoms with Gasteiger partial charge in [0.05, 0.1) is 30.2 Å². The van der Waals surface area contributed by atoms with Gasteiger partial charge in [0.25, 0.3) is 11.1 Å². The lowest BCUT2D eigenvalue weighted by Crippen LogP contribution is -2.36. The van der Waals surface area contributed by atoms with Crippen LogP contribution in [-0.4, -0.2) is 57.1 Å². The van der Waals surface area contributed by atoms with Crippen molar-refractivity contribution in [2.75, 3.05) is 22.9 Å². The highest BCUT2D eigenvalue weighted by Gasteiger charge is 2.27. The highest BCUT2D eigenvalue weighted by molar-refractivity contribution is 5.69. The van der Waals surface area contributed by atoms with Crippen molar-refractivity contribution in [2.24, 2.45) is 0 Å². The Hall–Kier alpha value is -7.67. The number of hydrogen-bond donors (Lipinski definition) is 0. The molecule has 0 N–H and O–H groups in total. The van der Waals surface area contributed by atoms with Gasteiger partial charge in [-0.25, -0.2) is 19.9 Å². The zero-order valence-corrected chi connectivity index (χ0v) is 31.4. The quantitative estimate of drug-likeness (QED) is 0.173. The molecule has 0 atom stereocenters. The van der Waals surface area contributed by atoms with Gasteiger partial charge in [0.15, 0.2) is 0 Å². The van der Waals surface area contributed by atoms with Crippen LogP contribution in [0.3, 0.4) is 0 Å². The lowest BCUT2D eigenvalue weighted by Gasteiger charge is -2.33. The van der Waals surface area contributed by atoms with E-state index in [1.165, 1.54) is 12.4 Å². The third kappa shape index (κ3) is 7.48. The molecule has 0 fully saturated rings. The molecular weight excluding hydrogens is 727 g/mol. The molecule has 2 aliphatic rings. The van der Waals surface area contributed by atoms with Gasteiger partial charge < -0.3 is 9.80 Å². The smallest absolute Gasteiger partial charge is 0.255 e. The molecule has 0 saturated carbocycles. The van der Waals surface area contributed by atoms with Crippen molar-refractivity contribution >= 4 is 23.3 Å². The number of aromatic nitrogens is 9. The summed E-state index contributed by atoms with van der Waals surface area (Å²) >= 11 is 0. The average molecular weight is 764 g/mol. The van der Waals surface area contributed by atoms with E-state index in [0.717, 1.165) is 52.3 Å². The van der Waals surface area contributed by atoms with E-state index < -0.39 is 0 Å². The van der Waals surface area contributed by atoms with Crippen LogP contribution in [0.4, 0.5) is 23.3 Å². The maximum Gasteiger partial charge on any atom is 0.255 e. The van der Waals surface area contributed by atoms with Gasteiger partial charge in [-0.3, -0.25) is 33.7 Å². The summed E-state index contributed by atoms with van der Waals surface area (Å²) in [6.07, 6.45) is 11.6. The second kappa shape index (κ2) is 16.2. The fourth-order valence-corrected chi connectivity index (χ4v) is 7.30. The van der Waals surface area contributed by atoms with Crippen LogP contribution >= 0.6 is 0 Å². The fraction of sp³-hybridized carbons (Fsp3) is 0.133. The standard InChI is InChI=1S/C23H19N5O.C22H18N6O/c29-22-15-20(17-8-12-24-13-9-17)26-23-27(14-10-19-6-3-4-11-25-19)21-7-2-1-5-18(21)16-28(22)23;29-21-13-19(18-8-11-23-15-25-18)26-22-27(12-9-17-6-3-4-10-24-17)20-7-2-1-5-16(20)14-28(21)22/h1-9,11-13,15H,10,14,16H2;1-8,10-11,13,15H,9,12,14H2. The number of para-hydroxylation sites is 2. The normalized spacial score (nSPS) is 12.3. The van der Waals surface area contributed by atoms with E-state index in [1.807, 2.05) is 72.8 Å². The minimum absolute atomic E-state index is 0.0563. The average Bonchev–Trinajstić information content (AvgIpc) is 3.28. The van der Waals surface area contributed by atoms with Gasteiger partial charge in [-0.15, -0.1) is 0 Å². The van der Waals surface area contributed by atoms with E-state index in [2.05, 4.69) is 59.0 Å². The van der Waals surface area contributed by atoms with Crippen LogP contribution in [0.15, 0.2) is 162 Å². The summed E-state index contributed by atoms with van der Waals surface area (Å²) in [6, 6.07) is 36.8. The van der Waals surface area contributed by atoms with Crippen LogP contribution in [0, 0.1) is 0 Å². The SMILES string of the molecule is O=c1cc(-c2ccncc2)nc2n1Cc1ccccc1N2CCc1ccccn1.O=c1cc(-c2ccncn2)nc2n1Cc1ccccc1N2CCc1ccccn1. The van der Waals surface area contributed by atoms with E-state index in [1.54, 1.807) is 52.3 Å². The van der Waals surface area contributed by atoms with E-state index >= 15 is 0 Å². The van der Waals surface area contributed by atoms with Crippen molar-refractivity contribution in [3.05, 3.63) is 196 Å². The molecule has 6 aromatic heterocycles. The number of anilines is 4. The largest absolute Gasteiger partial charge is 0.311 e. The highest BCUT2D eigenvalue weighted by atomic mass is 16.1. The predicted octanol–water partition coefficient (Wildman–Crippen LogP) is 6.28. The van der Waals surface area contributed by atoms with E-state index in [9.17, 15) is 9.59 Å². The van der Waals surface area contributed by atoms with Crippen LogP contribution in [-0.2, 0) is 25.9 Å². The molecule has 0 amide bonds. The van der Waals surface area contributed by atoms with Crippen molar-refractivity contribution < 1.29 is 0 Å². The summed E-state index contributed by atoms with van der Waals surface area (Å²) in [7, 11) is 0. The lowest BCUT2D eigenvalue weighted by atomic mass is 10.1. The Kier molecular flexibility index (Phi) is 10.1. The first-order valence-corrected chi connectivity index (χ1v) is 19.0. The first kappa shape index (κ1) is 36.0. The molecule has 8 aromatic rings. The van der Waals surface area contributed by atoms with Crippen LogP contribution in [0.1, 0.15) is 22.5 Å². The summed E-state index contributed by atoms with van der Waals surface area (Å²) in [4.78, 5) is 60.9. The van der Waals surface area contributed by atoms with E-state index in [0.29, 0.717) is 55.2 Å². The van der Waals surface area contributed by atoms with Gasteiger partial charge in [0.1, 0.15) is 6.33 Å². The molecule has 10 rings (SSSR count). The highest BCUT2D eigenvalue weighted by Crippen LogP contribution is 2.35. The molecule has 2 aromatic carbocycles. The summed E-state index contributed by atoms with van der Waals surface area (Å²) < 4.78 is 3.46. The zero-order chi connectivity index (χ0) is 39.3. The molecule has 13 heteroatoms. The zero-order valence-electron chi connectivity index (χ0n) is 31.4. The molecule has 58 heavy (non-hydrogen) atoms. The Labute approximate surface area is 333 Å². The Bertz CT molecular complexity index is 2610. The Morgan fingerprint density at radius 2 is 1.00 bits per heavy atom. The maximum absolute atomic E-state index is 13.0. The van der Waals surface area contributed by atoms with Crippen molar-refractivity contribution in [1.29, 1.82) is 0 Å². The molecular formula is C45H37N11O2. The van der Waals surface area contributed by atoms with Crippen LogP contribution in [0.2, 0.25) is 0 Å². The summed E-state index contributed by atoms with van der Waals surface area (Å²) in [5.74, 6) is 1.29. The minimum Gasteiger partial charge on any atom is -0.311 e. The molecule has 0 unspecified atom stereocenters. The Balaban J connectivity index is 0.000000150. The summed E-state index contributed by atoms with van der Waals surface area (Å²) in [6.45, 7) is 2.36. The van der Waals surface area contributed by atoms with Crippen LogP contribution in [0.5, 0.6) is 0 Å². The van der Waals surface area contributed by atoms with Gasteiger partial charge >= 0.3 is 0 Å². The van der Waals surface area contributed by atoms with Crippen LogP contribution < -0.4 is 20.9 Å². The molecule has 0 bridgehead atoms. The van der Waals surface area contributed by atoms with Gasteiger partial charge in [0.2, 0.25) is 11.9 Å². The molecule has 13 nitrogen and oxygen atoms in total. The van der Waals surface area contributed by atoms with E-state index in [4.69, 9.17) is 9.97 Å². The number of benzene rings is 2. The molecule has 0 spiro atoms. The minimum atomic E-state index is -0.0963. The molecule has 0 aliphatic carbocycles. The maximum atomic E-state index is 13.0. The van der Waals surface area contributed by atoms with Gasteiger partial charge in [0, 0.05) is 97.4 Å². The van der Waals surface area contributed by atoms with Crippen molar-refractivity contribution in [3.63, 3.8) is 0 Å². The number of nitrogens with zero attached hydrogens (tertiary/aromatic N) is 11. The lowest BCUT2D eigenvalue weighted by molar-refractivity contribution is 0.681. The Morgan fingerprint density at radius 1 is 0.483 bits per heavy atom. The van der Waals surface area contributed by atoms with Crippen molar-refractivity contribution in [1.82, 2.24) is 44.0 Å². The fourth-order valence-electron chi connectivity index (χ4n) is 7.30. The second-order valence-electron chi connectivity index (χ2n) is 13.8. The molecule has 0 radical (unpaired) electrons. The predicted molar refractivity (Wildman–Crippen MR) is 222 cm³/mol. The number of rotatable bonds is 8. The molecule has 0 saturated heterocycles. The van der Waals surface area contributed by atoms with Crippen LogP contribution in [0.25, 0.3) is 22.6 Å². The van der Waals surface area contributed by atoms with Gasteiger partial charge in [-0.05, 0) is 65.7 Å². The summed E-state index contributed by atoms with van der Waals surface area (Å²) in [5, 5.41) is 0. The summed E-state index contributed by atoms with van der Waals surface area (Å²) in [5.41, 5.74) is 8.93. The first-order chi connectivity index (χ1) is 28.6. The number of pyridine rings is 3. The Morgan fingerprint density at radius 3 is 1.53 bits per heavy atom. The monoisotopic (exact) mass is 763 g/mol. The van der Waals surface area contributed by atoms with Crippen molar-refractivity contribution in [3.8, 4) is 22.6 Å². The number of hydrogen-bond acceptors (Lipinski definition) is 11. The van der Waals surface area contributed by atoms with E-state index in [-0.39, 0.29) is 11.1 Å².